The maximum absolute atomic E-state index is 2.40. The van der Waals surface area contributed by atoms with Crippen LogP contribution in [-0.2, 0) is 0 Å². The highest BCUT2D eigenvalue weighted by atomic mass is 15.1. The van der Waals surface area contributed by atoms with Crippen LogP contribution in [0.1, 0.15) is 0 Å². The lowest BCUT2D eigenvalue weighted by Gasteiger charge is -2.29. The summed E-state index contributed by atoms with van der Waals surface area (Å²) in [7, 11) is 0. The van der Waals surface area contributed by atoms with E-state index in [1.54, 1.807) is 0 Å². The van der Waals surface area contributed by atoms with Gasteiger partial charge in [-0.3, -0.25) is 0 Å². The molecule has 0 N–H and O–H groups in total. The molecule has 0 aliphatic carbocycles. The highest BCUT2D eigenvalue weighted by Gasteiger charge is 2.19. The molecule has 0 saturated carbocycles. The summed E-state index contributed by atoms with van der Waals surface area (Å²) in [5.74, 6) is 0. The SMILES string of the molecule is c1ccc(-c2ccccc2N(c2ccccc2)c2cc3ccccc3c3ccccc23)cc1. The molecule has 1 nitrogen and oxygen atoms in total. The van der Waals surface area contributed by atoms with Crippen molar-refractivity contribution in [3.63, 3.8) is 0 Å². The van der Waals surface area contributed by atoms with E-state index in [0.717, 1.165) is 11.4 Å². The fourth-order valence-electron chi connectivity index (χ4n) is 4.73. The minimum absolute atomic E-state index is 1.14. The van der Waals surface area contributed by atoms with Crippen LogP contribution in [0.25, 0.3) is 32.7 Å². The van der Waals surface area contributed by atoms with Gasteiger partial charge < -0.3 is 4.90 Å². The number of nitrogens with zero attached hydrogens (tertiary/aromatic N) is 1. The Balaban J connectivity index is 1.70. The van der Waals surface area contributed by atoms with Crippen molar-refractivity contribution >= 4 is 38.6 Å². The first-order valence-electron chi connectivity index (χ1n) is 11.3. The van der Waals surface area contributed by atoms with Gasteiger partial charge in [0.15, 0.2) is 0 Å². The highest BCUT2D eigenvalue weighted by Crippen LogP contribution is 2.44. The molecule has 6 aromatic carbocycles. The Bertz CT molecular complexity index is 1550. The highest BCUT2D eigenvalue weighted by molar-refractivity contribution is 6.15. The fourth-order valence-corrected chi connectivity index (χ4v) is 4.73. The van der Waals surface area contributed by atoms with Gasteiger partial charge in [0.05, 0.1) is 11.4 Å². The van der Waals surface area contributed by atoms with Gasteiger partial charge in [-0.25, -0.2) is 0 Å². The predicted molar refractivity (Wildman–Crippen MR) is 142 cm³/mol. The van der Waals surface area contributed by atoms with Crippen molar-refractivity contribution in [2.45, 2.75) is 0 Å². The largest absolute Gasteiger partial charge is 0.309 e. The van der Waals surface area contributed by atoms with Gasteiger partial charge in [-0.2, -0.15) is 0 Å². The van der Waals surface area contributed by atoms with Crippen molar-refractivity contribution in [2.75, 3.05) is 4.90 Å². The molecule has 0 radical (unpaired) electrons. The molecule has 0 aliphatic heterocycles. The van der Waals surface area contributed by atoms with Crippen LogP contribution in [0.15, 0.2) is 140 Å². The normalized spacial score (nSPS) is 11.0. The molecule has 0 unspecified atom stereocenters. The van der Waals surface area contributed by atoms with E-state index in [2.05, 4.69) is 144 Å². The summed E-state index contributed by atoms with van der Waals surface area (Å²) in [6, 6.07) is 49.7. The molecular formula is C32H23N. The average Bonchev–Trinajstić information content (AvgIpc) is 2.90. The lowest BCUT2D eigenvalue weighted by molar-refractivity contribution is 1.30. The van der Waals surface area contributed by atoms with Crippen LogP contribution in [0.3, 0.4) is 0 Å². The fraction of sp³-hybridized carbons (Fsp3) is 0. The molecule has 156 valence electrons. The standard InChI is InChI=1S/C32H23N/c1-3-13-24(14-4-1)28-19-11-12-22-31(28)33(26-16-5-2-6-17-26)32-23-25-15-7-8-18-27(25)29-20-9-10-21-30(29)32/h1-23H. The van der Waals surface area contributed by atoms with E-state index in [4.69, 9.17) is 0 Å². The molecule has 1 heteroatoms. The van der Waals surface area contributed by atoms with Crippen LogP contribution in [0.2, 0.25) is 0 Å². The molecular weight excluding hydrogens is 398 g/mol. The van der Waals surface area contributed by atoms with Crippen molar-refractivity contribution in [1.82, 2.24) is 0 Å². The van der Waals surface area contributed by atoms with Crippen molar-refractivity contribution in [3.05, 3.63) is 140 Å². The third-order valence-electron chi connectivity index (χ3n) is 6.23. The van der Waals surface area contributed by atoms with Gasteiger partial charge in [-0.1, -0.05) is 115 Å². The van der Waals surface area contributed by atoms with Gasteiger partial charge in [0.1, 0.15) is 0 Å². The average molecular weight is 422 g/mol. The maximum Gasteiger partial charge on any atom is 0.0546 e. The summed E-state index contributed by atoms with van der Waals surface area (Å²) in [5.41, 5.74) is 5.90. The quantitative estimate of drug-likeness (QED) is 0.256. The zero-order chi connectivity index (χ0) is 22.0. The lowest BCUT2D eigenvalue weighted by atomic mass is 9.97. The maximum atomic E-state index is 2.40. The molecule has 0 saturated heterocycles. The first-order chi connectivity index (χ1) is 16.4. The smallest absolute Gasteiger partial charge is 0.0546 e. The summed E-state index contributed by atoms with van der Waals surface area (Å²) < 4.78 is 0. The number of hydrogen-bond acceptors (Lipinski definition) is 1. The van der Waals surface area contributed by atoms with E-state index < -0.39 is 0 Å². The first kappa shape index (κ1) is 19.3. The second kappa shape index (κ2) is 8.29. The van der Waals surface area contributed by atoms with Crippen LogP contribution in [0.5, 0.6) is 0 Å². The van der Waals surface area contributed by atoms with E-state index >= 15 is 0 Å². The minimum atomic E-state index is 1.14. The Morgan fingerprint density at radius 3 is 1.76 bits per heavy atom. The second-order valence-electron chi connectivity index (χ2n) is 8.22. The molecule has 0 spiro atoms. The van der Waals surface area contributed by atoms with E-state index in [1.807, 2.05) is 0 Å². The third-order valence-corrected chi connectivity index (χ3v) is 6.23. The summed E-state index contributed by atoms with van der Waals surface area (Å²) in [6.45, 7) is 0. The number of anilines is 3. The minimum Gasteiger partial charge on any atom is -0.309 e. The molecule has 0 heterocycles. The van der Waals surface area contributed by atoms with Crippen LogP contribution < -0.4 is 4.90 Å². The van der Waals surface area contributed by atoms with Gasteiger partial charge in [0.25, 0.3) is 0 Å². The molecule has 6 rings (SSSR count). The summed E-state index contributed by atoms with van der Waals surface area (Å²) in [6.07, 6.45) is 0. The number of benzene rings is 6. The Morgan fingerprint density at radius 1 is 0.394 bits per heavy atom. The number of para-hydroxylation sites is 2. The van der Waals surface area contributed by atoms with Crippen LogP contribution in [-0.4, -0.2) is 0 Å². The number of hydrogen-bond donors (Lipinski definition) is 0. The number of rotatable bonds is 4. The van der Waals surface area contributed by atoms with Crippen LogP contribution in [0, 0.1) is 0 Å². The lowest BCUT2D eigenvalue weighted by Crippen LogP contribution is -2.11. The van der Waals surface area contributed by atoms with E-state index in [-0.39, 0.29) is 0 Å². The zero-order valence-corrected chi connectivity index (χ0v) is 18.2. The van der Waals surface area contributed by atoms with Gasteiger partial charge in [0, 0.05) is 16.6 Å². The Morgan fingerprint density at radius 2 is 0.970 bits per heavy atom. The van der Waals surface area contributed by atoms with Crippen LogP contribution in [0.4, 0.5) is 17.1 Å². The molecule has 0 fully saturated rings. The topological polar surface area (TPSA) is 3.24 Å². The Labute approximate surface area is 194 Å². The molecule has 0 bridgehead atoms. The summed E-state index contributed by atoms with van der Waals surface area (Å²) in [4.78, 5) is 2.40. The first-order valence-corrected chi connectivity index (χ1v) is 11.3. The molecule has 0 aliphatic rings. The number of fused-ring (bicyclic) bond motifs is 3. The van der Waals surface area contributed by atoms with Crippen molar-refractivity contribution in [3.8, 4) is 11.1 Å². The predicted octanol–water partition coefficient (Wildman–Crippen LogP) is 9.13. The van der Waals surface area contributed by atoms with Crippen molar-refractivity contribution in [2.24, 2.45) is 0 Å². The molecule has 33 heavy (non-hydrogen) atoms. The van der Waals surface area contributed by atoms with E-state index in [1.165, 1.54) is 38.4 Å². The molecule has 6 aromatic rings. The Hall–Kier alpha value is -4.36. The van der Waals surface area contributed by atoms with Crippen molar-refractivity contribution in [1.29, 1.82) is 0 Å². The zero-order valence-electron chi connectivity index (χ0n) is 18.2. The van der Waals surface area contributed by atoms with Gasteiger partial charge in [-0.15, -0.1) is 0 Å². The molecule has 0 aromatic heterocycles. The van der Waals surface area contributed by atoms with Crippen LogP contribution >= 0.6 is 0 Å². The van der Waals surface area contributed by atoms with Gasteiger partial charge in [0.2, 0.25) is 0 Å². The third kappa shape index (κ3) is 3.44. The second-order valence-corrected chi connectivity index (χ2v) is 8.22. The van der Waals surface area contributed by atoms with Gasteiger partial charge in [-0.05, 0) is 46.0 Å². The summed E-state index contributed by atoms with van der Waals surface area (Å²) >= 11 is 0. The van der Waals surface area contributed by atoms with E-state index in [0.29, 0.717) is 0 Å². The van der Waals surface area contributed by atoms with Crippen molar-refractivity contribution < 1.29 is 0 Å². The Kier molecular flexibility index (Phi) is 4.86. The molecule has 0 amide bonds. The van der Waals surface area contributed by atoms with E-state index in [9.17, 15) is 0 Å². The van der Waals surface area contributed by atoms with Gasteiger partial charge >= 0.3 is 0 Å². The molecule has 0 atom stereocenters. The monoisotopic (exact) mass is 421 g/mol. The summed E-state index contributed by atoms with van der Waals surface area (Å²) in [5, 5.41) is 5.03.